The van der Waals surface area contributed by atoms with Crippen molar-refractivity contribution in [2.75, 3.05) is 23.7 Å². The third kappa shape index (κ3) is 9.04. The monoisotopic (exact) mass is 607 g/mol. The summed E-state index contributed by atoms with van der Waals surface area (Å²) in [6.45, 7) is 0.962. The number of sulfonamides is 1. The number of hydrogen-bond acceptors (Lipinski definition) is 4. The number of nitrogens with one attached hydrogen (secondary N) is 1. The minimum Gasteiger partial charge on any atom is -0.354 e. The van der Waals surface area contributed by atoms with Crippen LogP contribution in [0, 0.1) is 5.82 Å². The van der Waals surface area contributed by atoms with Crippen LogP contribution in [-0.2, 0) is 38.8 Å². The molecule has 3 aromatic rings. The molecule has 0 aliphatic heterocycles. The Bertz CT molecular complexity index is 1470. The lowest BCUT2D eigenvalue weighted by Crippen LogP contribution is -2.53. The minimum absolute atomic E-state index is 0.0292. The molecule has 0 bridgehead atoms. The van der Waals surface area contributed by atoms with Crippen molar-refractivity contribution in [3.8, 4) is 0 Å². The van der Waals surface area contributed by atoms with Crippen LogP contribution < -0.4 is 9.62 Å². The molecule has 0 aliphatic rings. The van der Waals surface area contributed by atoms with Crippen molar-refractivity contribution in [2.45, 2.75) is 44.9 Å². The number of amides is 2. The second-order valence-electron chi connectivity index (χ2n) is 9.78. The third-order valence-electron chi connectivity index (χ3n) is 6.54. The Hall–Kier alpha value is -3.93. The molecule has 0 spiro atoms. The maximum Gasteiger partial charge on any atom is 0.416 e. The van der Waals surface area contributed by atoms with E-state index < -0.39 is 52.0 Å². The molecular formula is C30H33F4N3O4S. The summed E-state index contributed by atoms with van der Waals surface area (Å²) in [6, 6.07) is 16.9. The summed E-state index contributed by atoms with van der Waals surface area (Å²) in [5.74, 6) is -2.06. The number of carbonyl (C=O) groups is 2. The average Bonchev–Trinajstić information content (AvgIpc) is 2.94. The van der Waals surface area contributed by atoms with Gasteiger partial charge in [-0.15, -0.1) is 0 Å². The number of unbranched alkanes of at least 4 members (excludes halogenated alkanes) is 1. The van der Waals surface area contributed by atoms with E-state index in [1.807, 2.05) is 6.92 Å². The van der Waals surface area contributed by atoms with E-state index in [4.69, 9.17) is 0 Å². The first kappa shape index (κ1) is 32.6. The zero-order valence-corrected chi connectivity index (χ0v) is 24.1. The molecule has 0 saturated heterocycles. The van der Waals surface area contributed by atoms with Gasteiger partial charge in [0, 0.05) is 25.1 Å². The molecule has 0 fully saturated rings. The summed E-state index contributed by atoms with van der Waals surface area (Å²) in [6.07, 6.45) is -2.50. The van der Waals surface area contributed by atoms with E-state index in [0.717, 1.165) is 35.8 Å². The van der Waals surface area contributed by atoms with Crippen molar-refractivity contribution in [2.24, 2.45) is 0 Å². The molecule has 0 heterocycles. The average molecular weight is 608 g/mol. The normalized spacial score (nSPS) is 12.4. The number of hydrogen-bond donors (Lipinski definition) is 1. The Kier molecular flexibility index (Phi) is 11.1. The van der Waals surface area contributed by atoms with Gasteiger partial charge in [-0.25, -0.2) is 12.8 Å². The first-order valence-electron chi connectivity index (χ1n) is 13.3. The molecule has 0 saturated carbocycles. The van der Waals surface area contributed by atoms with Gasteiger partial charge in [-0.1, -0.05) is 67.9 Å². The molecule has 42 heavy (non-hydrogen) atoms. The number of alkyl halides is 3. The van der Waals surface area contributed by atoms with E-state index >= 15 is 0 Å². The standard InChI is InChI=1S/C30H33F4N3O4S/c1-3-4-17-35-29(39)27(18-22-11-6-5-7-12-22)36(20-23-13-8-9-16-26(23)31)28(38)21-37(42(2,40)41)25-15-10-14-24(19-25)30(32,33)34/h5-16,19,27H,3-4,17-18,20-21H2,1-2H3,(H,35,39)/t27-/m0/s1. The Morgan fingerprint density at radius 1 is 0.952 bits per heavy atom. The molecule has 0 unspecified atom stereocenters. The summed E-state index contributed by atoms with van der Waals surface area (Å²) in [5, 5.41) is 2.80. The molecule has 1 N–H and O–H groups in total. The highest BCUT2D eigenvalue weighted by Crippen LogP contribution is 2.32. The number of carbonyl (C=O) groups excluding carboxylic acids is 2. The fraction of sp³-hybridized carbons (Fsp3) is 0.333. The Morgan fingerprint density at radius 3 is 2.24 bits per heavy atom. The largest absolute Gasteiger partial charge is 0.416 e. The van der Waals surface area contributed by atoms with Crippen LogP contribution in [0.4, 0.5) is 23.2 Å². The predicted molar refractivity (Wildman–Crippen MR) is 152 cm³/mol. The molecular weight excluding hydrogens is 574 g/mol. The van der Waals surface area contributed by atoms with Gasteiger partial charge in [-0.2, -0.15) is 13.2 Å². The second-order valence-corrected chi connectivity index (χ2v) is 11.7. The van der Waals surface area contributed by atoms with Crippen LogP contribution >= 0.6 is 0 Å². The second kappa shape index (κ2) is 14.3. The number of anilines is 1. The predicted octanol–water partition coefficient (Wildman–Crippen LogP) is 5.17. The number of benzene rings is 3. The van der Waals surface area contributed by atoms with E-state index in [1.165, 1.54) is 18.2 Å². The summed E-state index contributed by atoms with van der Waals surface area (Å²) in [7, 11) is -4.27. The summed E-state index contributed by atoms with van der Waals surface area (Å²) in [5.41, 5.74) is -0.701. The Balaban J connectivity index is 2.07. The Labute approximate surface area is 243 Å². The van der Waals surface area contributed by atoms with Crippen molar-refractivity contribution >= 4 is 27.5 Å². The van der Waals surface area contributed by atoms with Crippen LogP contribution in [0.3, 0.4) is 0 Å². The van der Waals surface area contributed by atoms with E-state index in [1.54, 1.807) is 36.4 Å². The van der Waals surface area contributed by atoms with Crippen molar-refractivity contribution < 1.29 is 35.6 Å². The van der Waals surface area contributed by atoms with E-state index in [9.17, 15) is 35.6 Å². The first-order chi connectivity index (χ1) is 19.8. The van der Waals surface area contributed by atoms with Crippen LogP contribution in [-0.4, -0.2) is 50.5 Å². The molecule has 226 valence electrons. The summed E-state index contributed by atoms with van der Waals surface area (Å²) < 4.78 is 81.1. The molecule has 0 radical (unpaired) electrons. The van der Waals surface area contributed by atoms with E-state index in [-0.39, 0.29) is 24.2 Å². The lowest BCUT2D eigenvalue weighted by Gasteiger charge is -2.33. The zero-order valence-electron chi connectivity index (χ0n) is 23.3. The van der Waals surface area contributed by atoms with Gasteiger partial charge in [0.25, 0.3) is 0 Å². The Morgan fingerprint density at radius 2 is 1.62 bits per heavy atom. The van der Waals surface area contributed by atoms with Gasteiger partial charge in [0.15, 0.2) is 0 Å². The fourth-order valence-corrected chi connectivity index (χ4v) is 5.16. The van der Waals surface area contributed by atoms with Crippen LogP contribution in [0.5, 0.6) is 0 Å². The number of halogens is 4. The van der Waals surface area contributed by atoms with Gasteiger partial charge in [0.05, 0.1) is 17.5 Å². The molecule has 0 aliphatic carbocycles. The lowest BCUT2D eigenvalue weighted by atomic mass is 10.0. The van der Waals surface area contributed by atoms with Crippen molar-refractivity contribution in [1.29, 1.82) is 0 Å². The fourth-order valence-electron chi connectivity index (χ4n) is 4.32. The van der Waals surface area contributed by atoms with Gasteiger partial charge in [-0.05, 0) is 36.2 Å². The van der Waals surface area contributed by atoms with Crippen LogP contribution in [0.25, 0.3) is 0 Å². The van der Waals surface area contributed by atoms with Crippen LogP contribution in [0.15, 0.2) is 78.9 Å². The molecule has 12 heteroatoms. The van der Waals surface area contributed by atoms with Gasteiger partial charge in [0.2, 0.25) is 21.8 Å². The summed E-state index contributed by atoms with van der Waals surface area (Å²) >= 11 is 0. The van der Waals surface area contributed by atoms with Crippen molar-refractivity contribution in [3.05, 3.63) is 101 Å². The maximum atomic E-state index is 14.8. The highest BCUT2D eigenvalue weighted by molar-refractivity contribution is 7.92. The molecule has 0 aromatic heterocycles. The van der Waals surface area contributed by atoms with Crippen LogP contribution in [0.2, 0.25) is 0 Å². The number of rotatable bonds is 13. The summed E-state index contributed by atoms with van der Waals surface area (Å²) in [4.78, 5) is 28.5. The van der Waals surface area contributed by atoms with Gasteiger partial charge < -0.3 is 10.2 Å². The van der Waals surface area contributed by atoms with Gasteiger partial charge in [-0.3, -0.25) is 13.9 Å². The highest BCUT2D eigenvalue weighted by Gasteiger charge is 2.35. The molecule has 2 amide bonds. The smallest absolute Gasteiger partial charge is 0.354 e. The SMILES string of the molecule is CCCCNC(=O)[C@H](Cc1ccccc1)N(Cc1ccccc1F)C(=O)CN(c1cccc(C(F)(F)F)c1)S(C)(=O)=O. The molecule has 7 nitrogen and oxygen atoms in total. The van der Waals surface area contributed by atoms with Gasteiger partial charge >= 0.3 is 6.18 Å². The van der Waals surface area contributed by atoms with Gasteiger partial charge in [0.1, 0.15) is 18.4 Å². The quantitative estimate of drug-likeness (QED) is 0.215. The number of nitrogens with zero attached hydrogens (tertiary/aromatic N) is 2. The minimum atomic E-state index is -4.75. The maximum absolute atomic E-state index is 14.8. The van der Waals surface area contributed by atoms with E-state index in [0.29, 0.717) is 28.9 Å². The lowest BCUT2D eigenvalue weighted by molar-refractivity contribution is -0.140. The first-order valence-corrected chi connectivity index (χ1v) is 15.2. The van der Waals surface area contributed by atoms with Crippen molar-refractivity contribution in [1.82, 2.24) is 10.2 Å². The zero-order chi connectivity index (χ0) is 30.9. The molecule has 3 rings (SSSR count). The molecule has 3 aromatic carbocycles. The topological polar surface area (TPSA) is 86.8 Å². The third-order valence-corrected chi connectivity index (χ3v) is 7.68. The van der Waals surface area contributed by atoms with Crippen molar-refractivity contribution in [3.63, 3.8) is 0 Å². The van der Waals surface area contributed by atoms with E-state index in [2.05, 4.69) is 5.32 Å². The molecule has 1 atom stereocenters. The van der Waals surface area contributed by atoms with Crippen LogP contribution in [0.1, 0.15) is 36.5 Å². The highest BCUT2D eigenvalue weighted by atomic mass is 32.2.